The molecule has 2 atom stereocenters. The summed E-state index contributed by atoms with van der Waals surface area (Å²) in [7, 11) is 4.59. The van der Waals surface area contributed by atoms with Gasteiger partial charge in [-0.2, -0.15) is 0 Å². The molecular weight excluding hydrogens is 248 g/mol. The first-order valence-electron chi connectivity index (χ1n) is 4.95. The molecule has 0 aromatic rings. The van der Waals surface area contributed by atoms with E-state index in [-0.39, 0.29) is 11.8 Å². The Kier molecular flexibility index (Phi) is 8.73. The van der Waals surface area contributed by atoms with Gasteiger partial charge in [0, 0.05) is 17.9 Å². The van der Waals surface area contributed by atoms with Crippen LogP contribution in [0.3, 0.4) is 0 Å². The van der Waals surface area contributed by atoms with E-state index in [2.05, 4.69) is 5.32 Å². The van der Waals surface area contributed by atoms with Gasteiger partial charge in [-0.05, 0) is 7.05 Å². The normalized spacial score (nSPS) is 14.4. The molecule has 0 aliphatic rings. The third-order valence-corrected chi connectivity index (χ3v) is 4.42. The van der Waals surface area contributed by atoms with Crippen molar-refractivity contribution < 1.29 is 14.7 Å². The van der Waals surface area contributed by atoms with Crippen molar-refractivity contribution >= 4 is 33.3 Å². The lowest BCUT2D eigenvalue weighted by molar-refractivity contribution is -0.137. The summed E-state index contributed by atoms with van der Waals surface area (Å²) in [6.07, 6.45) is 0.505. The number of carboxylic acids is 1. The second-order valence-corrected chi connectivity index (χ2v) is 5.73. The minimum atomic E-state index is -0.997. The number of rotatable bonds is 9. The zero-order chi connectivity index (χ0) is 12.6. The molecule has 0 radical (unpaired) electrons. The second-order valence-electron chi connectivity index (χ2n) is 3.17. The molecule has 16 heavy (non-hydrogen) atoms. The van der Waals surface area contributed by atoms with Crippen molar-refractivity contribution in [3.05, 3.63) is 0 Å². The van der Waals surface area contributed by atoms with E-state index in [1.165, 1.54) is 21.6 Å². The zero-order valence-electron chi connectivity index (χ0n) is 9.43. The first-order chi connectivity index (χ1) is 7.52. The largest absolute Gasteiger partial charge is 0.480 e. The van der Waals surface area contributed by atoms with Crippen LogP contribution in [0.5, 0.6) is 0 Å². The van der Waals surface area contributed by atoms with Gasteiger partial charge >= 0.3 is 5.97 Å². The van der Waals surface area contributed by atoms with Crippen LogP contribution in [-0.4, -0.2) is 47.5 Å². The lowest BCUT2D eigenvalue weighted by Crippen LogP contribution is -2.36. The van der Waals surface area contributed by atoms with E-state index < -0.39 is 12.0 Å². The molecule has 0 aliphatic heterocycles. The summed E-state index contributed by atoms with van der Waals surface area (Å²) < 4.78 is 0. The van der Waals surface area contributed by atoms with E-state index in [0.717, 1.165) is 0 Å². The van der Waals surface area contributed by atoms with Crippen LogP contribution < -0.4 is 11.1 Å². The summed E-state index contributed by atoms with van der Waals surface area (Å²) in [4.78, 5) is 21.8. The van der Waals surface area contributed by atoms with Crippen LogP contribution in [0.4, 0.5) is 0 Å². The SMILES string of the molecule is CCC(=O)[C@@H](CSSC[C@@H](N)C(=O)O)NC. The molecule has 94 valence electrons. The lowest BCUT2D eigenvalue weighted by atomic mass is 10.2. The highest BCUT2D eigenvalue weighted by Crippen LogP contribution is 2.22. The maximum atomic E-state index is 11.4. The lowest BCUT2D eigenvalue weighted by Gasteiger charge is -2.13. The smallest absolute Gasteiger partial charge is 0.321 e. The summed E-state index contributed by atoms with van der Waals surface area (Å²) in [6, 6.07) is -1.00. The number of likely N-dealkylation sites (N-methyl/N-ethyl adjacent to an activating group) is 1. The molecule has 5 nitrogen and oxygen atoms in total. The van der Waals surface area contributed by atoms with Gasteiger partial charge in [0.15, 0.2) is 0 Å². The van der Waals surface area contributed by atoms with Gasteiger partial charge < -0.3 is 16.2 Å². The Morgan fingerprint density at radius 3 is 2.38 bits per heavy atom. The molecule has 0 saturated carbocycles. The van der Waals surface area contributed by atoms with Crippen molar-refractivity contribution in [1.82, 2.24) is 5.32 Å². The van der Waals surface area contributed by atoms with Crippen LogP contribution in [0.25, 0.3) is 0 Å². The van der Waals surface area contributed by atoms with Gasteiger partial charge in [-0.3, -0.25) is 9.59 Å². The third-order valence-electron chi connectivity index (χ3n) is 1.97. The second kappa shape index (κ2) is 8.86. The molecule has 0 aromatic heterocycles. The van der Waals surface area contributed by atoms with Crippen LogP contribution in [0.15, 0.2) is 0 Å². The molecule has 0 rings (SSSR count). The molecule has 4 N–H and O–H groups in total. The first kappa shape index (κ1) is 15.8. The molecule has 0 spiro atoms. The predicted molar refractivity (Wildman–Crippen MR) is 68.7 cm³/mol. The van der Waals surface area contributed by atoms with Crippen LogP contribution in [0, 0.1) is 0 Å². The molecular formula is C9H18N2O3S2. The highest BCUT2D eigenvalue weighted by atomic mass is 33.1. The van der Waals surface area contributed by atoms with Crippen molar-refractivity contribution in [2.75, 3.05) is 18.6 Å². The standard InChI is InChI=1S/C9H18N2O3S2/c1-3-8(12)7(11-2)5-16-15-4-6(10)9(13)14/h6-7,11H,3-5,10H2,1-2H3,(H,13,14)/t6-,7-/m1/s1. The van der Waals surface area contributed by atoms with Gasteiger partial charge in [-0.25, -0.2) is 0 Å². The number of carbonyl (C=O) groups excluding carboxylic acids is 1. The fraction of sp³-hybridized carbons (Fsp3) is 0.778. The minimum absolute atomic E-state index is 0.163. The summed E-state index contributed by atoms with van der Waals surface area (Å²) in [5, 5.41) is 11.5. The number of nitrogens with one attached hydrogen (secondary N) is 1. The molecule has 0 unspecified atom stereocenters. The van der Waals surface area contributed by atoms with E-state index in [1.807, 2.05) is 6.92 Å². The van der Waals surface area contributed by atoms with Gasteiger partial charge in [-0.15, -0.1) is 0 Å². The number of hydrogen-bond acceptors (Lipinski definition) is 6. The number of carboxylic acid groups (broad SMARTS) is 1. The van der Waals surface area contributed by atoms with Crippen molar-refractivity contribution in [3.8, 4) is 0 Å². The summed E-state index contributed by atoms with van der Waals surface area (Å²) in [6.45, 7) is 1.82. The summed E-state index contributed by atoms with van der Waals surface area (Å²) in [5.41, 5.74) is 5.34. The van der Waals surface area contributed by atoms with Crippen molar-refractivity contribution in [1.29, 1.82) is 0 Å². The monoisotopic (exact) mass is 266 g/mol. The maximum Gasteiger partial charge on any atom is 0.321 e. The highest BCUT2D eigenvalue weighted by Gasteiger charge is 2.15. The third kappa shape index (κ3) is 6.37. The molecule has 0 aliphatic carbocycles. The number of Topliss-reactive ketones (excluding diaryl/α,β-unsaturated/α-hetero) is 1. The Balaban J connectivity index is 3.71. The van der Waals surface area contributed by atoms with Gasteiger partial charge in [0.1, 0.15) is 11.8 Å². The number of ketones is 1. The molecule has 0 bridgehead atoms. The summed E-state index contributed by atoms with van der Waals surface area (Å²) in [5.74, 6) is 0.137. The molecule has 0 saturated heterocycles. The van der Waals surface area contributed by atoms with E-state index in [4.69, 9.17) is 10.8 Å². The average Bonchev–Trinajstić information content (AvgIpc) is 2.27. The topological polar surface area (TPSA) is 92.4 Å². The van der Waals surface area contributed by atoms with Crippen LogP contribution in [0.1, 0.15) is 13.3 Å². The van der Waals surface area contributed by atoms with E-state index in [9.17, 15) is 9.59 Å². The van der Waals surface area contributed by atoms with Gasteiger partial charge in [-0.1, -0.05) is 28.5 Å². The van der Waals surface area contributed by atoms with E-state index >= 15 is 0 Å². The van der Waals surface area contributed by atoms with Gasteiger partial charge in [0.25, 0.3) is 0 Å². The van der Waals surface area contributed by atoms with Crippen molar-refractivity contribution in [2.45, 2.75) is 25.4 Å². The number of hydrogen-bond donors (Lipinski definition) is 3. The van der Waals surface area contributed by atoms with E-state index in [0.29, 0.717) is 17.9 Å². The Labute approximate surface area is 103 Å². The van der Waals surface area contributed by atoms with Gasteiger partial charge in [0.05, 0.1) is 6.04 Å². The van der Waals surface area contributed by atoms with Crippen LogP contribution >= 0.6 is 21.6 Å². The average molecular weight is 266 g/mol. The fourth-order valence-electron chi connectivity index (χ4n) is 0.893. The number of aliphatic carboxylic acids is 1. The maximum absolute atomic E-state index is 11.4. The quantitative estimate of drug-likeness (QED) is 0.409. The van der Waals surface area contributed by atoms with E-state index in [1.54, 1.807) is 7.05 Å². The Bertz CT molecular complexity index is 239. The molecule has 0 aromatic carbocycles. The van der Waals surface area contributed by atoms with Crippen LogP contribution in [-0.2, 0) is 9.59 Å². The number of nitrogens with two attached hydrogens (primary N) is 1. The van der Waals surface area contributed by atoms with Crippen molar-refractivity contribution in [2.24, 2.45) is 5.73 Å². The minimum Gasteiger partial charge on any atom is -0.480 e. The Hall–Kier alpha value is -0.240. The zero-order valence-corrected chi connectivity index (χ0v) is 11.1. The molecule has 0 amide bonds. The molecule has 0 fully saturated rings. The molecule has 7 heteroatoms. The fourth-order valence-corrected chi connectivity index (χ4v) is 3.29. The summed E-state index contributed by atoms with van der Waals surface area (Å²) >= 11 is 0. The predicted octanol–water partition coefficient (Wildman–Crippen LogP) is 0.347. The highest BCUT2D eigenvalue weighted by molar-refractivity contribution is 8.76. The van der Waals surface area contributed by atoms with Crippen molar-refractivity contribution in [3.63, 3.8) is 0 Å². The molecule has 0 heterocycles. The Morgan fingerprint density at radius 1 is 1.38 bits per heavy atom. The number of carbonyl (C=O) groups is 2. The van der Waals surface area contributed by atoms with Gasteiger partial charge in [0.2, 0.25) is 0 Å². The van der Waals surface area contributed by atoms with Crippen LogP contribution in [0.2, 0.25) is 0 Å². The Morgan fingerprint density at radius 2 is 1.94 bits per heavy atom. The first-order valence-corrected chi connectivity index (χ1v) is 7.44.